The van der Waals surface area contributed by atoms with E-state index >= 15 is 0 Å². The fourth-order valence-corrected chi connectivity index (χ4v) is 4.01. The molecule has 1 heterocycles. The van der Waals surface area contributed by atoms with Crippen LogP contribution in [0.5, 0.6) is 0 Å². The molecule has 0 bridgehead atoms. The molecule has 138 valence electrons. The number of benzene rings is 1. The predicted octanol–water partition coefficient (Wildman–Crippen LogP) is 3.74. The van der Waals surface area contributed by atoms with Crippen molar-refractivity contribution in [2.75, 3.05) is 25.5 Å². The molecule has 2 fully saturated rings. The summed E-state index contributed by atoms with van der Waals surface area (Å²) in [5.41, 5.74) is 8.50. The van der Waals surface area contributed by atoms with E-state index in [2.05, 4.69) is 27.8 Å². The summed E-state index contributed by atoms with van der Waals surface area (Å²) in [6.07, 6.45) is 6.51. The molecular weight excluding hydrogens is 384 g/mol. The van der Waals surface area contributed by atoms with Crippen molar-refractivity contribution in [2.45, 2.75) is 57.7 Å². The number of anilines is 1. The lowest BCUT2D eigenvalue weighted by atomic mass is 9.93. The van der Waals surface area contributed by atoms with Gasteiger partial charge in [-0.15, -0.1) is 0 Å². The van der Waals surface area contributed by atoms with Gasteiger partial charge in [0.15, 0.2) is 0 Å². The third kappa shape index (κ3) is 4.96. The van der Waals surface area contributed by atoms with Gasteiger partial charge < -0.3 is 15.2 Å². The summed E-state index contributed by atoms with van der Waals surface area (Å²) < 4.78 is 11.1. The molecule has 1 saturated heterocycles. The van der Waals surface area contributed by atoms with E-state index in [9.17, 15) is 4.79 Å². The fraction of sp³-hybridized carbons (Fsp3) is 0.632. The van der Waals surface area contributed by atoms with Gasteiger partial charge in [-0.1, -0.05) is 26.2 Å². The molecular formula is C19H27BrN2O3. The zero-order chi connectivity index (χ0) is 17.8. The van der Waals surface area contributed by atoms with Crippen molar-refractivity contribution in [2.24, 2.45) is 0 Å². The topological polar surface area (TPSA) is 68.1 Å². The van der Waals surface area contributed by atoms with Crippen molar-refractivity contribution in [1.29, 1.82) is 0 Å². The molecule has 1 saturated carbocycles. The van der Waals surface area contributed by atoms with Gasteiger partial charge in [0.05, 0.1) is 17.9 Å². The van der Waals surface area contributed by atoms with E-state index in [-0.39, 0.29) is 12.1 Å². The number of rotatable bonds is 7. The Hall–Kier alpha value is -1.11. The quantitative estimate of drug-likeness (QED) is 0.421. The number of carbonyl (C=O) groups is 1. The second-order valence-electron chi connectivity index (χ2n) is 6.94. The number of halogens is 1. The van der Waals surface area contributed by atoms with E-state index in [4.69, 9.17) is 15.2 Å². The van der Waals surface area contributed by atoms with Crippen molar-refractivity contribution >= 4 is 27.6 Å². The predicted molar refractivity (Wildman–Crippen MR) is 102 cm³/mol. The highest BCUT2D eigenvalue weighted by molar-refractivity contribution is 9.10. The highest BCUT2D eigenvalue weighted by Gasteiger charge is 2.25. The van der Waals surface area contributed by atoms with Crippen molar-refractivity contribution in [3.8, 4) is 0 Å². The van der Waals surface area contributed by atoms with Crippen molar-refractivity contribution in [3.05, 3.63) is 27.7 Å². The van der Waals surface area contributed by atoms with Crippen LogP contribution in [0.2, 0.25) is 0 Å². The van der Waals surface area contributed by atoms with Crippen LogP contribution in [0.15, 0.2) is 16.6 Å². The molecule has 0 aromatic heterocycles. The Labute approximate surface area is 158 Å². The highest BCUT2D eigenvalue weighted by Crippen LogP contribution is 2.30. The second kappa shape index (κ2) is 8.52. The van der Waals surface area contributed by atoms with Crippen LogP contribution in [0.3, 0.4) is 0 Å². The van der Waals surface area contributed by atoms with Gasteiger partial charge in [0, 0.05) is 17.1 Å². The molecule has 1 unspecified atom stereocenters. The van der Waals surface area contributed by atoms with Crippen LogP contribution in [0.25, 0.3) is 0 Å². The molecule has 5 nitrogen and oxygen atoms in total. The number of nitrogens with zero attached hydrogens (tertiary/aromatic N) is 1. The molecule has 3 rings (SSSR count). The summed E-state index contributed by atoms with van der Waals surface area (Å²) in [7, 11) is 0. The summed E-state index contributed by atoms with van der Waals surface area (Å²) >= 11 is 3.49. The fourth-order valence-electron chi connectivity index (χ4n) is 3.50. The number of hydrogen-bond acceptors (Lipinski definition) is 5. The van der Waals surface area contributed by atoms with Crippen molar-refractivity contribution < 1.29 is 14.3 Å². The van der Waals surface area contributed by atoms with E-state index in [1.54, 1.807) is 6.07 Å². The monoisotopic (exact) mass is 410 g/mol. The molecule has 25 heavy (non-hydrogen) atoms. The Morgan fingerprint density at radius 3 is 2.72 bits per heavy atom. The third-order valence-electron chi connectivity index (χ3n) is 5.12. The number of esters is 1. The van der Waals surface area contributed by atoms with Gasteiger partial charge in [-0.2, -0.15) is 0 Å². The Morgan fingerprint density at radius 1 is 1.36 bits per heavy atom. The summed E-state index contributed by atoms with van der Waals surface area (Å²) in [5.74, 6) is -0.321. The molecule has 2 aliphatic rings. The Morgan fingerprint density at radius 2 is 2.08 bits per heavy atom. The number of nitrogen functional groups attached to an aromatic ring is 1. The third-order valence-corrected chi connectivity index (χ3v) is 5.78. The molecule has 0 amide bonds. The lowest BCUT2D eigenvalue weighted by Gasteiger charge is -2.34. The SMILES string of the molecule is CCN(Cc1cc(C(=O)OCC2CO2)cc(Br)c1N)C1CCCCC1. The molecule has 1 aromatic rings. The van der Waals surface area contributed by atoms with E-state index in [0.717, 1.165) is 23.1 Å². The van der Waals surface area contributed by atoms with Crippen LogP contribution in [0, 0.1) is 0 Å². The Kier molecular flexibility index (Phi) is 6.36. The molecule has 1 aliphatic carbocycles. The van der Waals surface area contributed by atoms with Gasteiger partial charge in [-0.3, -0.25) is 4.90 Å². The second-order valence-corrected chi connectivity index (χ2v) is 7.79. The zero-order valence-corrected chi connectivity index (χ0v) is 16.4. The number of epoxide rings is 1. The molecule has 6 heteroatoms. The Balaban J connectivity index is 1.72. The standard InChI is InChI=1S/C19H27BrN2O3/c1-2-22(15-6-4-3-5-7-15)10-14-8-13(9-17(20)18(14)21)19(23)25-12-16-11-24-16/h8-9,15-16H,2-7,10-12,21H2,1H3. The largest absolute Gasteiger partial charge is 0.459 e. The van der Waals surface area contributed by atoms with E-state index in [1.165, 1.54) is 32.1 Å². The van der Waals surface area contributed by atoms with Gasteiger partial charge in [-0.25, -0.2) is 4.79 Å². The maximum absolute atomic E-state index is 12.3. The first kappa shape index (κ1) is 18.7. The number of ether oxygens (including phenoxy) is 2. The van der Waals surface area contributed by atoms with Gasteiger partial charge in [0.25, 0.3) is 0 Å². The summed E-state index contributed by atoms with van der Waals surface area (Å²) in [6.45, 7) is 4.93. The Bertz CT molecular complexity index is 613. The van der Waals surface area contributed by atoms with Crippen molar-refractivity contribution in [3.63, 3.8) is 0 Å². The first-order chi connectivity index (χ1) is 12.1. The van der Waals surface area contributed by atoms with Crippen LogP contribution in [-0.4, -0.2) is 42.8 Å². The normalized spacial score (nSPS) is 20.7. The average Bonchev–Trinajstić information content (AvgIpc) is 3.46. The minimum atomic E-state index is -0.321. The first-order valence-corrected chi connectivity index (χ1v) is 9.98. The molecule has 1 aromatic carbocycles. The van der Waals surface area contributed by atoms with Gasteiger partial charge in [0.1, 0.15) is 12.7 Å². The molecule has 0 spiro atoms. The molecule has 0 radical (unpaired) electrons. The van der Waals surface area contributed by atoms with E-state index in [0.29, 0.717) is 30.5 Å². The average molecular weight is 411 g/mol. The van der Waals surface area contributed by atoms with Crippen molar-refractivity contribution in [1.82, 2.24) is 4.90 Å². The number of hydrogen-bond donors (Lipinski definition) is 1. The minimum Gasteiger partial charge on any atom is -0.459 e. The number of carbonyl (C=O) groups excluding carboxylic acids is 1. The van der Waals surface area contributed by atoms with Crippen LogP contribution >= 0.6 is 15.9 Å². The molecule has 2 N–H and O–H groups in total. The zero-order valence-electron chi connectivity index (χ0n) is 14.8. The van der Waals surface area contributed by atoms with Crippen LogP contribution in [0.1, 0.15) is 54.9 Å². The van der Waals surface area contributed by atoms with E-state index in [1.807, 2.05) is 6.07 Å². The highest BCUT2D eigenvalue weighted by atomic mass is 79.9. The van der Waals surface area contributed by atoms with Crippen LogP contribution in [-0.2, 0) is 16.0 Å². The van der Waals surface area contributed by atoms with Gasteiger partial charge >= 0.3 is 5.97 Å². The maximum Gasteiger partial charge on any atom is 0.338 e. The number of nitrogens with two attached hydrogens (primary N) is 1. The maximum atomic E-state index is 12.3. The summed E-state index contributed by atoms with van der Waals surface area (Å²) in [5, 5.41) is 0. The van der Waals surface area contributed by atoms with Crippen LogP contribution < -0.4 is 5.73 Å². The van der Waals surface area contributed by atoms with Gasteiger partial charge in [0.2, 0.25) is 0 Å². The smallest absolute Gasteiger partial charge is 0.338 e. The lowest BCUT2D eigenvalue weighted by molar-refractivity contribution is 0.0476. The van der Waals surface area contributed by atoms with Crippen LogP contribution in [0.4, 0.5) is 5.69 Å². The summed E-state index contributed by atoms with van der Waals surface area (Å²) in [4.78, 5) is 14.8. The minimum absolute atomic E-state index is 0.0718. The summed E-state index contributed by atoms with van der Waals surface area (Å²) in [6, 6.07) is 4.23. The molecule has 1 aliphatic heterocycles. The molecule has 1 atom stereocenters. The van der Waals surface area contributed by atoms with Gasteiger partial charge in [-0.05, 0) is 53.0 Å². The first-order valence-electron chi connectivity index (χ1n) is 9.19. The lowest BCUT2D eigenvalue weighted by Crippen LogP contribution is -2.36. The van der Waals surface area contributed by atoms with E-state index < -0.39 is 0 Å².